The molecule has 1 heterocycles. The number of hydrogen-bond acceptors (Lipinski definition) is 3. The lowest BCUT2D eigenvalue weighted by Crippen LogP contribution is -2.65. The molecule has 0 radical (unpaired) electrons. The van der Waals surface area contributed by atoms with E-state index in [2.05, 4.69) is 29.6 Å². The highest BCUT2D eigenvalue weighted by molar-refractivity contribution is 6.35. The minimum absolute atomic E-state index is 0.0355. The molecule has 37 heavy (non-hydrogen) atoms. The van der Waals surface area contributed by atoms with E-state index in [1.165, 1.54) is 16.7 Å². The van der Waals surface area contributed by atoms with Gasteiger partial charge in [-0.3, -0.25) is 14.4 Å². The minimum Gasteiger partial charge on any atom is -0.330 e. The van der Waals surface area contributed by atoms with Gasteiger partial charge in [0.1, 0.15) is 0 Å². The number of piperazine rings is 1. The van der Waals surface area contributed by atoms with Gasteiger partial charge < -0.3 is 15.1 Å². The van der Waals surface area contributed by atoms with Gasteiger partial charge in [-0.05, 0) is 41.7 Å². The fraction of sp³-hybridized carbons (Fsp3) is 0.276. The summed E-state index contributed by atoms with van der Waals surface area (Å²) in [7, 11) is 0. The number of carbonyl (C=O) groups is 3. The van der Waals surface area contributed by atoms with Crippen LogP contribution in [0, 0.1) is 0 Å². The zero-order chi connectivity index (χ0) is 26.4. The minimum atomic E-state index is -1.05. The molecule has 192 valence electrons. The van der Waals surface area contributed by atoms with E-state index in [1.807, 2.05) is 42.5 Å². The smallest absolute Gasteiger partial charge is 0.266 e. The third-order valence-corrected chi connectivity index (χ3v) is 7.16. The van der Waals surface area contributed by atoms with Crippen molar-refractivity contribution in [3.05, 3.63) is 106 Å². The second-order valence-corrected chi connectivity index (χ2v) is 9.94. The van der Waals surface area contributed by atoms with Crippen LogP contribution in [0.1, 0.15) is 36.0 Å². The maximum atomic E-state index is 13.4. The van der Waals surface area contributed by atoms with Crippen molar-refractivity contribution in [3.63, 3.8) is 0 Å². The lowest BCUT2D eigenvalue weighted by molar-refractivity contribution is -0.158. The fourth-order valence-corrected chi connectivity index (χ4v) is 5.20. The lowest BCUT2D eigenvalue weighted by Gasteiger charge is -2.40. The first-order valence-electron chi connectivity index (χ1n) is 12.2. The first kappa shape index (κ1) is 26.7. The van der Waals surface area contributed by atoms with E-state index in [0.717, 1.165) is 16.7 Å². The van der Waals surface area contributed by atoms with Crippen LogP contribution >= 0.6 is 23.2 Å². The van der Waals surface area contributed by atoms with Gasteiger partial charge >= 0.3 is 0 Å². The van der Waals surface area contributed by atoms with Gasteiger partial charge in [0.15, 0.2) is 6.17 Å². The fourth-order valence-electron chi connectivity index (χ4n) is 4.70. The van der Waals surface area contributed by atoms with Crippen LogP contribution in [0.5, 0.6) is 0 Å². The van der Waals surface area contributed by atoms with Crippen molar-refractivity contribution in [3.8, 4) is 0 Å². The number of nitrogens with one attached hydrogen (secondary N) is 1. The molecule has 0 spiro atoms. The average Bonchev–Trinajstić information content (AvgIpc) is 2.88. The van der Waals surface area contributed by atoms with Crippen LogP contribution in [0.15, 0.2) is 78.9 Å². The second kappa shape index (κ2) is 12.3. The Balaban J connectivity index is 1.51. The third kappa shape index (κ3) is 6.70. The second-order valence-electron chi connectivity index (χ2n) is 9.10. The molecular weight excluding hydrogens is 509 g/mol. The van der Waals surface area contributed by atoms with Crippen molar-refractivity contribution in [1.82, 2.24) is 15.1 Å². The largest absolute Gasteiger partial charge is 0.330 e. The number of nitrogens with zero attached hydrogens (tertiary/aromatic N) is 2. The zero-order valence-corrected chi connectivity index (χ0v) is 22.1. The van der Waals surface area contributed by atoms with E-state index in [9.17, 15) is 14.4 Å². The number of halogens is 2. The summed E-state index contributed by atoms with van der Waals surface area (Å²) in [5, 5.41) is 3.74. The molecule has 1 saturated heterocycles. The van der Waals surface area contributed by atoms with Crippen molar-refractivity contribution < 1.29 is 14.4 Å². The predicted octanol–water partition coefficient (Wildman–Crippen LogP) is 4.89. The SMILES string of the molecule is CC(=O)NC1C(=O)N(CCc2ccc(Cl)cc2Cl)CC(=O)N1CCC(c1ccccc1)c1ccccc1. The van der Waals surface area contributed by atoms with Crippen molar-refractivity contribution in [1.29, 1.82) is 0 Å². The van der Waals surface area contributed by atoms with Gasteiger partial charge in [-0.1, -0.05) is 89.9 Å². The Kier molecular flexibility index (Phi) is 8.85. The van der Waals surface area contributed by atoms with E-state index < -0.39 is 6.17 Å². The van der Waals surface area contributed by atoms with Gasteiger partial charge in [0.25, 0.3) is 5.91 Å². The van der Waals surface area contributed by atoms with Crippen LogP contribution in [0.4, 0.5) is 0 Å². The lowest BCUT2D eigenvalue weighted by atomic mass is 9.88. The summed E-state index contributed by atoms with van der Waals surface area (Å²) in [6.07, 6.45) is 0.0155. The zero-order valence-electron chi connectivity index (χ0n) is 20.6. The summed E-state index contributed by atoms with van der Waals surface area (Å²) in [4.78, 5) is 41.7. The first-order chi connectivity index (χ1) is 17.8. The van der Waals surface area contributed by atoms with Gasteiger partial charge in [-0.15, -0.1) is 0 Å². The Labute approximate surface area is 227 Å². The maximum Gasteiger partial charge on any atom is 0.266 e. The summed E-state index contributed by atoms with van der Waals surface area (Å²) >= 11 is 12.3. The van der Waals surface area contributed by atoms with Crippen LogP contribution in [0.3, 0.4) is 0 Å². The van der Waals surface area contributed by atoms with Crippen LogP contribution in [0.25, 0.3) is 0 Å². The number of hydrogen-bond donors (Lipinski definition) is 1. The monoisotopic (exact) mass is 537 g/mol. The van der Waals surface area contributed by atoms with Crippen LogP contribution in [-0.2, 0) is 20.8 Å². The van der Waals surface area contributed by atoms with Crippen molar-refractivity contribution >= 4 is 40.9 Å². The molecule has 4 rings (SSSR count). The molecule has 3 amide bonds. The molecule has 0 aliphatic carbocycles. The predicted molar refractivity (Wildman–Crippen MR) is 145 cm³/mol. The van der Waals surface area contributed by atoms with Crippen LogP contribution in [-0.4, -0.2) is 53.3 Å². The van der Waals surface area contributed by atoms with E-state index in [4.69, 9.17) is 23.2 Å². The number of benzene rings is 3. The van der Waals surface area contributed by atoms with Crippen LogP contribution < -0.4 is 5.32 Å². The van der Waals surface area contributed by atoms with Gasteiger partial charge in [-0.2, -0.15) is 0 Å². The molecule has 8 heteroatoms. The van der Waals surface area contributed by atoms with Gasteiger partial charge in [0, 0.05) is 36.0 Å². The Morgan fingerprint density at radius 3 is 2.14 bits per heavy atom. The van der Waals surface area contributed by atoms with Crippen molar-refractivity contribution in [2.45, 2.75) is 31.8 Å². The van der Waals surface area contributed by atoms with Crippen molar-refractivity contribution in [2.24, 2.45) is 0 Å². The summed E-state index contributed by atoms with van der Waals surface area (Å²) in [6.45, 7) is 1.91. The highest BCUT2D eigenvalue weighted by Crippen LogP contribution is 2.29. The Bertz CT molecular complexity index is 1210. The molecule has 1 N–H and O–H groups in total. The van der Waals surface area contributed by atoms with E-state index >= 15 is 0 Å². The quantitative estimate of drug-likeness (QED) is 0.422. The molecule has 1 fully saturated rings. The van der Waals surface area contributed by atoms with Gasteiger partial charge in [0.05, 0.1) is 6.54 Å². The molecule has 1 atom stereocenters. The number of carbonyl (C=O) groups excluding carboxylic acids is 3. The summed E-state index contributed by atoms with van der Waals surface area (Å²) in [6, 6.07) is 25.4. The molecule has 3 aromatic rings. The molecule has 1 unspecified atom stereocenters. The summed E-state index contributed by atoms with van der Waals surface area (Å²) < 4.78 is 0. The molecule has 1 aliphatic heterocycles. The molecular formula is C29H29Cl2N3O3. The molecule has 0 bridgehead atoms. The molecule has 0 saturated carbocycles. The topological polar surface area (TPSA) is 69.7 Å². The number of amides is 3. The highest BCUT2D eigenvalue weighted by Gasteiger charge is 2.39. The molecule has 6 nitrogen and oxygen atoms in total. The van der Waals surface area contributed by atoms with E-state index in [-0.39, 0.29) is 30.2 Å². The molecule has 3 aromatic carbocycles. The third-order valence-electron chi connectivity index (χ3n) is 6.57. The molecule has 1 aliphatic rings. The van der Waals surface area contributed by atoms with E-state index in [0.29, 0.717) is 36.0 Å². The highest BCUT2D eigenvalue weighted by atomic mass is 35.5. The standard InChI is InChI=1S/C29H29Cl2N3O3/c1-20(35)32-28-29(37)33(16-14-23-12-13-24(30)18-26(23)31)19-27(36)34(28)17-15-25(21-8-4-2-5-9-21)22-10-6-3-7-11-22/h2-13,18,25,28H,14-17,19H2,1H3,(H,32,35). The normalized spacial score (nSPS) is 15.8. The Hall–Kier alpha value is -3.35. The van der Waals surface area contributed by atoms with Gasteiger partial charge in [-0.25, -0.2) is 0 Å². The maximum absolute atomic E-state index is 13.4. The van der Waals surface area contributed by atoms with E-state index in [1.54, 1.807) is 12.1 Å². The van der Waals surface area contributed by atoms with Crippen LogP contribution in [0.2, 0.25) is 10.0 Å². The molecule has 0 aromatic heterocycles. The Morgan fingerprint density at radius 1 is 0.946 bits per heavy atom. The Morgan fingerprint density at radius 2 is 1.57 bits per heavy atom. The average molecular weight is 538 g/mol. The first-order valence-corrected chi connectivity index (χ1v) is 13.0. The summed E-state index contributed by atoms with van der Waals surface area (Å²) in [5.41, 5.74) is 3.09. The van der Waals surface area contributed by atoms with Gasteiger partial charge in [0.2, 0.25) is 11.8 Å². The number of rotatable bonds is 9. The van der Waals surface area contributed by atoms with Crippen molar-refractivity contribution in [2.75, 3.05) is 19.6 Å². The summed E-state index contributed by atoms with van der Waals surface area (Å²) in [5.74, 6) is -0.856.